The summed E-state index contributed by atoms with van der Waals surface area (Å²) in [5.74, 6) is -0.744. The lowest BCUT2D eigenvalue weighted by molar-refractivity contribution is -0.137. The zero-order valence-electron chi connectivity index (χ0n) is 12.8. The second-order valence-electron chi connectivity index (χ2n) is 5.85. The average Bonchev–Trinajstić information content (AvgIpc) is 2.52. The van der Waals surface area contributed by atoms with Gasteiger partial charge in [0.2, 0.25) is 5.91 Å². The van der Waals surface area contributed by atoms with Crippen molar-refractivity contribution < 1.29 is 14.7 Å². The molecule has 1 heterocycles. The smallest absolute Gasteiger partial charge is 0.303 e. The summed E-state index contributed by atoms with van der Waals surface area (Å²) in [6, 6.07) is 10.3. The van der Waals surface area contributed by atoms with Crippen molar-refractivity contribution in [2.75, 3.05) is 19.6 Å². The van der Waals surface area contributed by atoms with Crippen molar-refractivity contribution in [3.8, 4) is 0 Å². The molecule has 22 heavy (non-hydrogen) atoms. The summed E-state index contributed by atoms with van der Waals surface area (Å²) < 4.78 is 0. The molecule has 1 fully saturated rings. The maximum Gasteiger partial charge on any atom is 0.303 e. The van der Waals surface area contributed by atoms with Gasteiger partial charge in [-0.1, -0.05) is 30.3 Å². The summed E-state index contributed by atoms with van der Waals surface area (Å²) in [5, 5.41) is 11.4. The molecule has 1 aromatic carbocycles. The van der Waals surface area contributed by atoms with E-state index in [0.717, 1.165) is 32.5 Å². The van der Waals surface area contributed by atoms with Gasteiger partial charge in [-0.3, -0.25) is 14.5 Å². The summed E-state index contributed by atoms with van der Waals surface area (Å²) in [7, 11) is 0. The number of hydrogen-bond acceptors (Lipinski definition) is 3. The minimum absolute atomic E-state index is 0.0160. The van der Waals surface area contributed by atoms with Crippen LogP contribution in [0.5, 0.6) is 0 Å². The van der Waals surface area contributed by atoms with Crippen molar-refractivity contribution in [3.05, 3.63) is 35.9 Å². The number of carboxylic acids is 1. The quantitative estimate of drug-likeness (QED) is 0.755. The van der Waals surface area contributed by atoms with Crippen LogP contribution < -0.4 is 5.32 Å². The van der Waals surface area contributed by atoms with Gasteiger partial charge < -0.3 is 10.4 Å². The molecule has 0 spiro atoms. The molecule has 1 amide bonds. The van der Waals surface area contributed by atoms with E-state index < -0.39 is 5.97 Å². The molecule has 5 heteroatoms. The highest BCUT2D eigenvalue weighted by molar-refractivity contribution is 5.79. The lowest BCUT2D eigenvalue weighted by atomic mass is 9.96. The number of rotatable bonds is 7. The van der Waals surface area contributed by atoms with Gasteiger partial charge in [0.25, 0.3) is 0 Å². The number of carbonyl (C=O) groups excluding carboxylic acids is 1. The number of likely N-dealkylation sites (tertiary alicyclic amines) is 1. The van der Waals surface area contributed by atoms with Crippen LogP contribution in [0, 0.1) is 5.92 Å². The molecule has 2 rings (SSSR count). The van der Waals surface area contributed by atoms with E-state index in [2.05, 4.69) is 22.3 Å². The minimum atomic E-state index is -0.819. The number of piperidine rings is 1. The number of carboxylic acid groups (broad SMARTS) is 1. The van der Waals surface area contributed by atoms with Crippen LogP contribution in [0.15, 0.2) is 30.3 Å². The maximum absolute atomic E-state index is 12.2. The summed E-state index contributed by atoms with van der Waals surface area (Å²) >= 11 is 0. The first-order valence-electron chi connectivity index (χ1n) is 7.91. The third-order valence-corrected chi connectivity index (χ3v) is 3.99. The van der Waals surface area contributed by atoms with Crippen LogP contribution in [0.1, 0.15) is 31.2 Å². The molecule has 1 saturated heterocycles. The highest BCUT2D eigenvalue weighted by atomic mass is 16.4. The maximum atomic E-state index is 12.2. The van der Waals surface area contributed by atoms with Crippen molar-refractivity contribution in [1.82, 2.24) is 10.2 Å². The van der Waals surface area contributed by atoms with E-state index in [4.69, 9.17) is 5.11 Å². The lowest BCUT2D eigenvalue weighted by Crippen LogP contribution is -2.42. The van der Waals surface area contributed by atoms with Crippen LogP contribution in [-0.4, -0.2) is 41.5 Å². The largest absolute Gasteiger partial charge is 0.481 e. The van der Waals surface area contributed by atoms with Gasteiger partial charge in [0, 0.05) is 26.1 Å². The van der Waals surface area contributed by atoms with Crippen molar-refractivity contribution in [2.45, 2.75) is 32.2 Å². The van der Waals surface area contributed by atoms with Gasteiger partial charge in [0.1, 0.15) is 0 Å². The number of aliphatic carboxylic acids is 1. The van der Waals surface area contributed by atoms with Gasteiger partial charge >= 0.3 is 5.97 Å². The molecular formula is C17H24N2O3. The second-order valence-corrected chi connectivity index (χ2v) is 5.85. The Morgan fingerprint density at radius 3 is 2.77 bits per heavy atom. The number of amides is 1. The van der Waals surface area contributed by atoms with Crippen LogP contribution >= 0.6 is 0 Å². The van der Waals surface area contributed by atoms with Crippen LogP contribution in [0.3, 0.4) is 0 Å². The summed E-state index contributed by atoms with van der Waals surface area (Å²) in [6.45, 7) is 3.13. The van der Waals surface area contributed by atoms with Crippen molar-refractivity contribution >= 4 is 11.9 Å². The van der Waals surface area contributed by atoms with E-state index in [9.17, 15) is 9.59 Å². The molecule has 2 N–H and O–H groups in total. The number of nitrogens with one attached hydrogen (secondary N) is 1. The molecule has 1 aliphatic rings. The van der Waals surface area contributed by atoms with E-state index in [1.165, 1.54) is 5.56 Å². The third-order valence-electron chi connectivity index (χ3n) is 3.99. The topological polar surface area (TPSA) is 69.6 Å². The minimum Gasteiger partial charge on any atom is -0.481 e. The standard InChI is InChI=1S/C17H24N2O3/c20-16(21)9-4-10-18-17(22)15-8-5-11-19(13-15)12-14-6-2-1-3-7-14/h1-3,6-7,15H,4-5,8-13H2,(H,18,22)(H,20,21). The molecule has 120 valence electrons. The van der Waals surface area contributed by atoms with Gasteiger partial charge in [0.05, 0.1) is 5.92 Å². The van der Waals surface area contributed by atoms with E-state index in [1.807, 2.05) is 18.2 Å². The molecule has 1 atom stereocenters. The predicted molar refractivity (Wildman–Crippen MR) is 84.3 cm³/mol. The lowest BCUT2D eigenvalue weighted by Gasteiger charge is -2.32. The Morgan fingerprint density at radius 2 is 2.05 bits per heavy atom. The molecule has 5 nitrogen and oxygen atoms in total. The molecule has 0 saturated carbocycles. The Bertz CT molecular complexity index is 490. The second kappa shape index (κ2) is 8.54. The van der Waals surface area contributed by atoms with E-state index in [0.29, 0.717) is 13.0 Å². The van der Waals surface area contributed by atoms with Gasteiger partial charge in [-0.25, -0.2) is 0 Å². The Balaban J connectivity index is 1.75. The van der Waals surface area contributed by atoms with Crippen LogP contribution in [0.4, 0.5) is 0 Å². The zero-order valence-corrected chi connectivity index (χ0v) is 12.8. The predicted octanol–water partition coefficient (Wildman–Crippen LogP) is 1.88. The number of hydrogen-bond donors (Lipinski definition) is 2. The van der Waals surface area contributed by atoms with Gasteiger partial charge in [-0.15, -0.1) is 0 Å². The van der Waals surface area contributed by atoms with Crippen molar-refractivity contribution in [3.63, 3.8) is 0 Å². The van der Waals surface area contributed by atoms with Crippen LogP contribution in [0.25, 0.3) is 0 Å². The molecule has 1 aromatic rings. The first-order chi connectivity index (χ1) is 10.6. The fourth-order valence-corrected chi connectivity index (χ4v) is 2.85. The molecule has 1 unspecified atom stereocenters. The Hall–Kier alpha value is -1.88. The molecule has 0 aliphatic carbocycles. The van der Waals surface area contributed by atoms with E-state index in [-0.39, 0.29) is 18.2 Å². The van der Waals surface area contributed by atoms with Crippen molar-refractivity contribution in [2.24, 2.45) is 5.92 Å². The normalized spacial score (nSPS) is 18.8. The molecule has 0 radical (unpaired) electrons. The zero-order chi connectivity index (χ0) is 15.8. The van der Waals surface area contributed by atoms with Crippen molar-refractivity contribution in [1.29, 1.82) is 0 Å². The monoisotopic (exact) mass is 304 g/mol. The Labute approximate surface area is 131 Å². The first kappa shape index (κ1) is 16.5. The number of carbonyl (C=O) groups is 2. The first-order valence-corrected chi connectivity index (χ1v) is 7.91. The van der Waals surface area contributed by atoms with Crippen LogP contribution in [-0.2, 0) is 16.1 Å². The average molecular weight is 304 g/mol. The Morgan fingerprint density at radius 1 is 1.27 bits per heavy atom. The van der Waals surface area contributed by atoms with Gasteiger partial charge in [-0.2, -0.15) is 0 Å². The van der Waals surface area contributed by atoms with E-state index >= 15 is 0 Å². The number of benzene rings is 1. The third kappa shape index (κ3) is 5.48. The van der Waals surface area contributed by atoms with Crippen LogP contribution in [0.2, 0.25) is 0 Å². The molecule has 0 bridgehead atoms. The highest BCUT2D eigenvalue weighted by Crippen LogP contribution is 2.18. The SMILES string of the molecule is O=C(O)CCCNC(=O)C1CCCN(Cc2ccccc2)C1. The highest BCUT2D eigenvalue weighted by Gasteiger charge is 2.25. The fraction of sp³-hybridized carbons (Fsp3) is 0.529. The van der Waals surface area contributed by atoms with E-state index in [1.54, 1.807) is 0 Å². The summed E-state index contributed by atoms with van der Waals surface area (Å²) in [5.41, 5.74) is 1.27. The van der Waals surface area contributed by atoms with Gasteiger partial charge in [0.15, 0.2) is 0 Å². The van der Waals surface area contributed by atoms with Gasteiger partial charge in [-0.05, 0) is 31.4 Å². The molecule has 0 aromatic heterocycles. The Kier molecular flexibility index (Phi) is 6.40. The number of nitrogens with zero attached hydrogens (tertiary/aromatic N) is 1. The fourth-order valence-electron chi connectivity index (χ4n) is 2.85. The molecule has 1 aliphatic heterocycles. The summed E-state index contributed by atoms with van der Waals surface area (Å²) in [6.07, 6.45) is 2.53. The summed E-state index contributed by atoms with van der Waals surface area (Å²) in [4.78, 5) is 24.9. The molecular weight excluding hydrogens is 280 g/mol.